The van der Waals surface area contributed by atoms with Crippen molar-refractivity contribution in [2.24, 2.45) is 0 Å². The van der Waals surface area contributed by atoms with Gasteiger partial charge in [-0.2, -0.15) is 0 Å². The first kappa shape index (κ1) is 13.5. The van der Waals surface area contributed by atoms with Gasteiger partial charge in [-0.3, -0.25) is 0 Å². The topological polar surface area (TPSA) is 9.23 Å². The van der Waals surface area contributed by atoms with Crippen molar-refractivity contribution in [1.29, 1.82) is 0 Å². The zero-order chi connectivity index (χ0) is 11.9. The smallest absolute Gasteiger partial charge is 0.193 e. The van der Waals surface area contributed by atoms with Crippen molar-refractivity contribution in [2.45, 2.75) is 52.1 Å². The molecular weight excluding hydrogens is 212 g/mol. The van der Waals surface area contributed by atoms with Gasteiger partial charge >= 0.3 is 0 Å². The van der Waals surface area contributed by atoms with Crippen molar-refractivity contribution in [2.75, 3.05) is 0 Å². The molecule has 90 valence electrons. The van der Waals surface area contributed by atoms with Crippen molar-refractivity contribution in [3.05, 3.63) is 30.3 Å². The van der Waals surface area contributed by atoms with Gasteiger partial charge in [-0.1, -0.05) is 57.5 Å². The molecule has 0 atom stereocenters. The lowest BCUT2D eigenvalue weighted by molar-refractivity contribution is 0.0567. The fourth-order valence-electron chi connectivity index (χ4n) is 2.15. The number of rotatable bonds is 7. The average molecular weight is 236 g/mol. The SMILES string of the molecule is CCCC(CC)(CC)O[SiH2]c1ccccc1. The minimum atomic E-state index is -0.558. The van der Waals surface area contributed by atoms with Gasteiger partial charge in [0.05, 0.1) is 5.60 Å². The summed E-state index contributed by atoms with van der Waals surface area (Å²) in [6.45, 7) is 6.74. The monoisotopic (exact) mass is 236 g/mol. The summed E-state index contributed by atoms with van der Waals surface area (Å²) in [5.74, 6) is 0. The van der Waals surface area contributed by atoms with Crippen LogP contribution >= 0.6 is 0 Å². The second-order valence-electron chi connectivity index (χ2n) is 4.41. The lowest BCUT2D eigenvalue weighted by atomic mass is 9.92. The molecule has 1 aromatic carbocycles. The van der Waals surface area contributed by atoms with Crippen LogP contribution in [0.1, 0.15) is 46.5 Å². The van der Waals surface area contributed by atoms with Crippen molar-refractivity contribution < 1.29 is 4.43 Å². The van der Waals surface area contributed by atoms with Crippen LogP contribution in [0.4, 0.5) is 0 Å². The molecule has 1 rings (SSSR count). The largest absolute Gasteiger partial charge is 0.413 e. The Morgan fingerprint density at radius 2 is 1.69 bits per heavy atom. The molecule has 0 aliphatic carbocycles. The summed E-state index contributed by atoms with van der Waals surface area (Å²) in [6, 6.07) is 10.6. The predicted molar refractivity (Wildman–Crippen MR) is 73.9 cm³/mol. The lowest BCUT2D eigenvalue weighted by Gasteiger charge is -2.32. The quantitative estimate of drug-likeness (QED) is 0.662. The highest BCUT2D eigenvalue weighted by molar-refractivity contribution is 6.46. The van der Waals surface area contributed by atoms with Crippen LogP contribution in [-0.2, 0) is 4.43 Å². The highest BCUT2D eigenvalue weighted by Crippen LogP contribution is 2.25. The average Bonchev–Trinajstić information content (AvgIpc) is 2.36. The van der Waals surface area contributed by atoms with E-state index in [4.69, 9.17) is 4.43 Å². The van der Waals surface area contributed by atoms with Crippen LogP contribution in [0.5, 0.6) is 0 Å². The fourth-order valence-corrected chi connectivity index (χ4v) is 3.64. The van der Waals surface area contributed by atoms with Gasteiger partial charge in [0.15, 0.2) is 9.76 Å². The summed E-state index contributed by atoms with van der Waals surface area (Å²) >= 11 is 0. The lowest BCUT2D eigenvalue weighted by Crippen LogP contribution is -2.36. The van der Waals surface area contributed by atoms with E-state index in [-0.39, 0.29) is 5.60 Å². The van der Waals surface area contributed by atoms with Crippen LogP contribution in [0.25, 0.3) is 0 Å². The van der Waals surface area contributed by atoms with E-state index in [2.05, 4.69) is 51.1 Å². The van der Waals surface area contributed by atoms with Gasteiger partial charge in [0.25, 0.3) is 0 Å². The van der Waals surface area contributed by atoms with E-state index in [9.17, 15) is 0 Å². The molecule has 0 aliphatic heterocycles. The van der Waals surface area contributed by atoms with Gasteiger partial charge in [-0.05, 0) is 24.4 Å². The molecule has 0 N–H and O–H groups in total. The third-order valence-corrected chi connectivity index (χ3v) is 4.94. The highest BCUT2D eigenvalue weighted by atomic mass is 28.2. The molecule has 0 amide bonds. The molecule has 0 saturated heterocycles. The summed E-state index contributed by atoms with van der Waals surface area (Å²) in [5.41, 5.74) is 0.150. The summed E-state index contributed by atoms with van der Waals surface area (Å²) < 4.78 is 6.29. The molecule has 16 heavy (non-hydrogen) atoms. The van der Waals surface area contributed by atoms with E-state index in [0.29, 0.717) is 0 Å². The summed E-state index contributed by atoms with van der Waals surface area (Å²) in [6.07, 6.45) is 4.68. The second kappa shape index (κ2) is 6.87. The van der Waals surface area contributed by atoms with E-state index in [0.717, 1.165) is 12.8 Å². The Balaban J connectivity index is 2.56. The minimum Gasteiger partial charge on any atom is -0.413 e. The Labute approximate surface area is 102 Å². The van der Waals surface area contributed by atoms with Crippen molar-refractivity contribution >= 4 is 14.9 Å². The first-order chi connectivity index (χ1) is 7.76. The molecule has 0 heterocycles. The highest BCUT2D eigenvalue weighted by Gasteiger charge is 2.25. The zero-order valence-corrected chi connectivity index (χ0v) is 12.2. The van der Waals surface area contributed by atoms with E-state index in [1.165, 1.54) is 18.0 Å². The fraction of sp³-hybridized carbons (Fsp3) is 0.571. The van der Waals surface area contributed by atoms with Crippen LogP contribution in [0.15, 0.2) is 30.3 Å². The minimum absolute atomic E-state index is 0.150. The van der Waals surface area contributed by atoms with Crippen molar-refractivity contribution in [1.82, 2.24) is 0 Å². The normalized spacial score (nSPS) is 12.4. The van der Waals surface area contributed by atoms with E-state index in [1.54, 1.807) is 0 Å². The van der Waals surface area contributed by atoms with E-state index in [1.807, 2.05) is 0 Å². The summed E-state index contributed by atoms with van der Waals surface area (Å²) in [5, 5.41) is 1.41. The molecule has 1 nitrogen and oxygen atoms in total. The van der Waals surface area contributed by atoms with Crippen molar-refractivity contribution in [3.8, 4) is 0 Å². The zero-order valence-electron chi connectivity index (χ0n) is 10.8. The Kier molecular flexibility index (Phi) is 5.78. The maximum atomic E-state index is 6.29. The van der Waals surface area contributed by atoms with Gasteiger partial charge in [0, 0.05) is 0 Å². The maximum Gasteiger partial charge on any atom is 0.193 e. The molecule has 0 aliphatic rings. The number of hydrogen-bond acceptors (Lipinski definition) is 1. The predicted octanol–water partition coefficient (Wildman–Crippen LogP) is 2.77. The van der Waals surface area contributed by atoms with E-state index < -0.39 is 9.76 Å². The molecule has 0 bridgehead atoms. The van der Waals surface area contributed by atoms with Gasteiger partial charge in [0.1, 0.15) is 0 Å². The third kappa shape index (κ3) is 3.76. The van der Waals surface area contributed by atoms with Crippen LogP contribution in [-0.4, -0.2) is 15.4 Å². The molecule has 0 unspecified atom stereocenters. The second-order valence-corrected chi connectivity index (χ2v) is 5.81. The van der Waals surface area contributed by atoms with Crippen LogP contribution in [0.3, 0.4) is 0 Å². The molecule has 2 heteroatoms. The Morgan fingerprint density at radius 1 is 1.06 bits per heavy atom. The third-order valence-electron chi connectivity index (χ3n) is 3.38. The molecular formula is C14H24OSi. The molecule has 1 aromatic rings. The van der Waals surface area contributed by atoms with Gasteiger partial charge in [-0.25, -0.2) is 0 Å². The first-order valence-electron chi connectivity index (χ1n) is 6.44. The molecule has 0 aromatic heterocycles. The van der Waals surface area contributed by atoms with Crippen LogP contribution < -0.4 is 5.19 Å². The summed E-state index contributed by atoms with van der Waals surface area (Å²) in [7, 11) is -0.558. The van der Waals surface area contributed by atoms with Gasteiger partial charge in [-0.15, -0.1) is 0 Å². The summed E-state index contributed by atoms with van der Waals surface area (Å²) in [4.78, 5) is 0. The first-order valence-corrected chi connectivity index (χ1v) is 7.72. The van der Waals surface area contributed by atoms with Crippen LogP contribution in [0.2, 0.25) is 0 Å². The molecule has 0 radical (unpaired) electrons. The Morgan fingerprint density at radius 3 is 2.19 bits per heavy atom. The molecule has 0 spiro atoms. The van der Waals surface area contributed by atoms with Gasteiger partial charge in [0.2, 0.25) is 0 Å². The molecule has 0 fully saturated rings. The van der Waals surface area contributed by atoms with Gasteiger partial charge < -0.3 is 4.43 Å². The Bertz CT molecular complexity index is 280. The number of hydrogen-bond donors (Lipinski definition) is 0. The Hall–Kier alpha value is -0.603. The van der Waals surface area contributed by atoms with Crippen LogP contribution in [0, 0.1) is 0 Å². The van der Waals surface area contributed by atoms with E-state index >= 15 is 0 Å². The number of benzene rings is 1. The molecule has 0 saturated carbocycles. The van der Waals surface area contributed by atoms with Crippen molar-refractivity contribution in [3.63, 3.8) is 0 Å². The maximum absolute atomic E-state index is 6.29. The standard InChI is InChI=1S/C14H24OSi/c1-4-12-14(5-2,6-3)15-16-13-10-8-7-9-11-13/h7-11H,4-6,12,16H2,1-3H3.